The number of likely N-dealkylation sites (tertiary alicyclic amines) is 1. The first-order valence-electron chi connectivity index (χ1n) is 11.8. The van der Waals surface area contributed by atoms with E-state index in [-0.39, 0.29) is 17.7 Å². The van der Waals surface area contributed by atoms with Crippen LogP contribution in [0.5, 0.6) is 0 Å². The number of nitrogens with zero attached hydrogens (tertiary/aromatic N) is 3. The van der Waals surface area contributed by atoms with Crippen molar-refractivity contribution >= 4 is 11.8 Å². The van der Waals surface area contributed by atoms with Crippen molar-refractivity contribution in [1.29, 1.82) is 0 Å². The summed E-state index contributed by atoms with van der Waals surface area (Å²) in [4.78, 5) is 27.2. The second kappa shape index (κ2) is 10.3. The third-order valence-corrected chi connectivity index (χ3v) is 6.67. The lowest BCUT2D eigenvalue weighted by Crippen LogP contribution is -2.46. The molecule has 172 valence electrons. The van der Waals surface area contributed by atoms with Crippen LogP contribution in [0.15, 0.2) is 30.3 Å². The lowest BCUT2D eigenvalue weighted by molar-refractivity contribution is -0.129. The third kappa shape index (κ3) is 5.97. The minimum absolute atomic E-state index is 0.00125. The molecule has 1 aliphatic heterocycles. The van der Waals surface area contributed by atoms with Gasteiger partial charge in [0.05, 0.1) is 24.7 Å². The quantitative estimate of drug-likeness (QED) is 0.631. The molecular weight excluding hydrogens is 402 g/mol. The second-order valence-corrected chi connectivity index (χ2v) is 9.33. The van der Waals surface area contributed by atoms with E-state index >= 15 is 0 Å². The summed E-state index contributed by atoms with van der Waals surface area (Å²) in [5.41, 5.74) is 4.31. The van der Waals surface area contributed by atoms with Crippen LogP contribution in [0.25, 0.3) is 0 Å². The van der Waals surface area contributed by atoms with E-state index in [0.29, 0.717) is 25.6 Å². The van der Waals surface area contributed by atoms with E-state index in [1.54, 1.807) is 0 Å². The Balaban J connectivity index is 1.26. The van der Waals surface area contributed by atoms with E-state index in [2.05, 4.69) is 39.7 Å². The second-order valence-electron chi connectivity index (χ2n) is 9.33. The largest absolute Gasteiger partial charge is 0.356 e. The maximum atomic E-state index is 12.6. The number of hydrogen-bond donors (Lipinski definition) is 2. The maximum Gasteiger partial charge on any atom is 0.234 e. The molecule has 1 saturated heterocycles. The van der Waals surface area contributed by atoms with Gasteiger partial charge in [-0.25, -0.2) is 0 Å². The van der Waals surface area contributed by atoms with Gasteiger partial charge >= 0.3 is 0 Å². The molecule has 1 atom stereocenters. The summed E-state index contributed by atoms with van der Waals surface area (Å²) in [7, 11) is 0. The zero-order valence-electron chi connectivity index (χ0n) is 19.3. The van der Waals surface area contributed by atoms with E-state index in [1.165, 1.54) is 18.4 Å². The van der Waals surface area contributed by atoms with Gasteiger partial charge < -0.3 is 10.6 Å². The smallest absolute Gasteiger partial charge is 0.234 e. The standard InChI is InChI=1S/C25H35N5O2/c1-18-23(19(2)30(28-18)15-21-7-4-3-5-8-21)14-26-24(31)17-29-12-6-9-22(16-29)25(32)27-13-20-10-11-20/h3-5,7-8,20,22H,6,9-17H2,1-2H3,(H,26,31)(H,27,32). The number of carbonyl (C=O) groups excluding carboxylic acids is 2. The molecule has 32 heavy (non-hydrogen) atoms. The van der Waals surface area contributed by atoms with Crippen LogP contribution in [-0.2, 0) is 22.7 Å². The van der Waals surface area contributed by atoms with Crippen LogP contribution >= 0.6 is 0 Å². The first-order valence-corrected chi connectivity index (χ1v) is 11.8. The normalized spacial score (nSPS) is 19.0. The van der Waals surface area contributed by atoms with E-state index in [4.69, 9.17) is 0 Å². The molecule has 2 aromatic rings. The first-order chi connectivity index (χ1) is 15.5. The van der Waals surface area contributed by atoms with Gasteiger partial charge in [0.1, 0.15) is 0 Å². The summed E-state index contributed by atoms with van der Waals surface area (Å²) in [6.45, 7) is 7.92. The van der Waals surface area contributed by atoms with E-state index in [1.807, 2.05) is 29.8 Å². The number of aromatic nitrogens is 2. The number of amides is 2. The van der Waals surface area contributed by atoms with Crippen molar-refractivity contribution in [3.05, 3.63) is 52.8 Å². The van der Waals surface area contributed by atoms with Gasteiger partial charge in [-0.1, -0.05) is 30.3 Å². The Hall–Kier alpha value is -2.67. The summed E-state index contributed by atoms with van der Waals surface area (Å²) in [6, 6.07) is 10.3. The molecule has 7 nitrogen and oxygen atoms in total. The Morgan fingerprint density at radius 3 is 2.62 bits per heavy atom. The molecule has 7 heteroatoms. The summed E-state index contributed by atoms with van der Waals surface area (Å²) in [6.07, 6.45) is 4.34. The van der Waals surface area contributed by atoms with Crippen molar-refractivity contribution in [2.75, 3.05) is 26.2 Å². The van der Waals surface area contributed by atoms with Crippen molar-refractivity contribution in [2.24, 2.45) is 11.8 Å². The number of aryl methyl sites for hydroxylation is 1. The highest BCUT2D eigenvalue weighted by Crippen LogP contribution is 2.28. The molecule has 1 saturated carbocycles. The highest BCUT2D eigenvalue weighted by Gasteiger charge is 2.28. The number of rotatable bonds is 9. The van der Waals surface area contributed by atoms with Gasteiger partial charge in [-0.3, -0.25) is 19.2 Å². The van der Waals surface area contributed by atoms with Crippen molar-refractivity contribution in [1.82, 2.24) is 25.3 Å². The number of benzene rings is 1. The molecular formula is C25H35N5O2. The lowest BCUT2D eigenvalue weighted by Gasteiger charge is -2.31. The number of hydrogen-bond acceptors (Lipinski definition) is 4. The number of nitrogens with one attached hydrogen (secondary N) is 2. The molecule has 1 aliphatic carbocycles. The molecule has 0 bridgehead atoms. The molecule has 0 spiro atoms. The predicted octanol–water partition coefficient (Wildman–Crippen LogP) is 2.40. The fourth-order valence-corrected chi connectivity index (χ4v) is 4.47. The average molecular weight is 438 g/mol. The highest BCUT2D eigenvalue weighted by molar-refractivity contribution is 5.80. The van der Waals surface area contributed by atoms with Crippen molar-refractivity contribution in [3.63, 3.8) is 0 Å². The summed E-state index contributed by atoms with van der Waals surface area (Å²) in [5.74, 6) is 0.835. The molecule has 2 amide bonds. The molecule has 4 rings (SSSR count). The van der Waals surface area contributed by atoms with Crippen molar-refractivity contribution < 1.29 is 9.59 Å². The Labute approximate surface area is 190 Å². The topological polar surface area (TPSA) is 79.3 Å². The van der Waals surface area contributed by atoms with Gasteiger partial charge in [-0.2, -0.15) is 5.10 Å². The summed E-state index contributed by atoms with van der Waals surface area (Å²) >= 11 is 0. The maximum absolute atomic E-state index is 12.6. The van der Waals surface area contributed by atoms with Gasteiger partial charge in [0.15, 0.2) is 0 Å². The van der Waals surface area contributed by atoms with Crippen LogP contribution in [0.1, 0.15) is 48.2 Å². The van der Waals surface area contributed by atoms with Gasteiger partial charge in [-0.15, -0.1) is 0 Å². The van der Waals surface area contributed by atoms with Crippen LogP contribution in [-0.4, -0.2) is 52.7 Å². The third-order valence-electron chi connectivity index (χ3n) is 6.67. The molecule has 1 unspecified atom stereocenters. The minimum atomic E-state index is -0.00370. The van der Waals surface area contributed by atoms with Gasteiger partial charge in [0.25, 0.3) is 0 Å². The van der Waals surface area contributed by atoms with Crippen LogP contribution in [0.3, 0.4) is 0 Å². The Kier molecular flexibility index (Phi) is 7.25. The van der Waals surface area contributed by atoms with Crippen LogP contribution < -0.4 is 10.6 Å². The fraction of sp³-hybridized carbons (Fsp3) is 0.560. The first kappa shape index (κ1) is 22.5. The fourth-order valence-electron chi connectivity index (χ4n) is 4.47. The van der Waals surface area contributed by atoms with Gasteiger partial charge in [-0.05, 0) is 57.6 Å². The molecule has 2 aliphatic rings. The van der Waals surface area contributed by atoms with Crippen LogP contribution in [0, 0.1) is 25.7 Å². The van der Waals surface area contributed by atoms with Crippen LogP contribution in [0.4, 0.5) is 0 Å². The number of piperidine rings is 1. The molecule has 0 radical (unpaired) electrons. The molecule has 2 fully saturated rings. The highest BCUT2D eigenvalue weighted by atomic mass is 16.2. The van der Waals surface area contributed by atoms with Crippen molar-refractivity contribution in [3.8, 4) is 0 Å². The Morgan fingerprint density at radius 1 is 1.09 bits per heavy atom. The van der Waals surface area contributed by atoms with Crippen LogP contribution in [0.2, 0.25) is 0 Å². The summed E-state index contributed by atoms with van der Waals surface area (Å²) in [5, 5.41) is 10.8. The lowest BCUT2D eigenvalue weighted by atomic mass is 9.97. The summed E-state index contributed by atoms with van der Waals surface area (Å²) < 4.78 is 2.00. The number of carbonyl (C=O) groups is 2. The molecule has 1 aromatic heterocycles. The zero-order valence-corrected chi connectivity index (χ0v) is 19.3. The molecule has 1 aromatic carbocycles. The molecule has 2 N–H and O–H groups in total. The van der Waals surface area contributed by atoms with E-state index in [9.17, 15) is 9.59 Å². The monoisotopic (exact) mass is 437 g/mol. The van der Waals surface area contributed by atoms with Crippen molar-refractivity contribution in [2.45, 2.75) is 52.6 Å². The van der Waals surface area contributed by atoms with E-state index < -0.39 is 0 Å². The average Bonchev–Trinajstić information content (AvgIpc) is 3.58. The predicted molar refractivity (Wildman–Crippen MR) is 124 cm³/mol. The van der Waals surface area contributed by atoms with Gasteiger partial charge in [0.2, 0.25) is 11.8 Å². The molecule has 2 heterocycles. The Bertz CT molecular complexity index is 935. The van der Waals surface area contributed by atoms with Gasteiger partial charge in [0, 0.05) is 30.9 Å². The van der Waals surface area contributed by atoms with E-state index in [0.717, 1.165) is 49.4 Å². The zero-order chi connectivity index (χ0) is 22.5. The SMILES string of the molecule is Cc1nn(Cc2ccccc2)c(C)c1CNC(=O)CN1CCCC(C(=O)NCC2CC2)C1. The minimum Gasteiger partial charge on any atom is -0.356 e. The Morgan fingerprint density at radius 2 is 1.88 bits per heavy atom.